The topological polar surface area (TPSA) is 56.3 Å². The summed E-state index contributed by atoms with van der Waals surface area (Å²) in [6.45, 7) is 0. The highest BCUT2D eigenvalue weighted by Crippen LogP contribution is 2.44. The van der Waals surface area contributed by atoms with Gasteiger partial charge in [-0.1, -0.05) is 0 Å². The number of ether oxygens (including phenoxy) is 1. The number of alkyl halides is 7. The third-order valence-corrected chi connectivity index (χ3v) is 3.55. The number of aromatic nitrogens is 1. The number of nitrogens with zero attached hydrogens (tertiary/aromatic N) is 1. The molecule has 0 spiro atoms. The summed E-state index contributed by atoms with van der Waals surface area (Å²) in [6, 6.07) is 0. The molecule has 0 radical (unpaired) electrons. The van der Waals surface area contributed by atoms with Gasteiger partial charge in [0.25, 0.3) is 9.05 Å². The maximum Gasteiger partial charge on any atom is 0.573 e. The van der Waals surface area contributed by atoms with Crippen LogP contribution in [0.4, 0.5) is 26.3 Å². The van der Waals surface area contributed by atoms with Crippen LogP contribution in [0.15, 0.2) is 11.1 Å². The summed E-state index contributed by atoms with van der Waals surface area (Å²) in [6.07, 6.45) is -10.9. The molecule has 0 N–H and O–H groups in total. The normalized spacial score (nSPS) is 13.3. The third kappa shape index (κ3) is 4.51. The van der Waals surface area contributed by atoms with E-state index in [1.165, 1.54) is 0 Å². The number of pyridine rings is 1. The minimum absolute atomic E-state index is 0.159. The fraction of sp³-hybridized carbons (Fsp3) is 0.375. The first-order valence-electron chi connectivity index (χ1n) is 4.63. The predicted octanol–water partition coefficient (Wildman–Crippen LogP) is 3.67. The number of hydrogen-bond donors (Lipinski definition) is 0. The van der Waals surface area contributed by atoms with E-state index in [0.717, 1.165) is 0 Å². The second-order valence-electron chi connectivity index (χ2n) is 3.39. The summed E-state index contributed by atoms with van der Waals surface area (Å²) in [4.78, 5) is 1.44. The standard InChI is InChI=1S/C8H3Cl2F6NO3S/c9-1-3-6(20-8(14,15)16)5(7(11,12)13)4(2-17-3)21(10,18)19/h2H,1H2. The first-order valence-corrected chi connectivity index (χ1v) is 7.47. The van der Waals surface area contributed by atoms with Crippen LogP contribution in [0.25, 0.3) is 0 Å². The van der Waals surface area contributed by atoms with Crippen LogP contribution in [0.1, 0.15) is 11.3 Å². The Morgan fingerprint density at radius 1 is 1.19 bits per heavy atom. The lowest BCUT2D eigenvalue weighted by Gasteiger charge is -2.19. The van der Waals surface area contributed by atoms with Crippen LogP contribution in [0.3, 0.4) is 0 Å². The van der Waals surface area contributed by atoms with Crippen molar-refractivity contribution >= 4 is 31.3 Å². The summed E-state index contributed by atoms with van der Waals surface area (Å²) >= 11 is 5.19. The van der Waals surface area contributed by atoms with Gasteiger partial charge < -0.3 is 4.74 Å². The highest BCUT2D eigenvalue weighted by atomic mass is 35.7. The molecule has 0 saturated heterocycles. The van der Waals surface area contributed by atoms with E-state index < -0.39 is 49.4 Å². The van der Waals surface area contributed by atoms with E-state index in [2.05, 4.69) is 9.72 Å². The molecule has 0 saturated carbocycles. The van der Waals surface area contributed by atoms with Gasteiger partial charge in [-0.25, -0.2) is 8.42 Å². The first kappa shape index (κ1) is 18.1. The third-order valence-electron chi connectivity index (χ3n) is 1.96. The minimum atomic E-state index is -5.52. The Kier molecular flexibility index (Phi) is 4.91. The lowest BCUT2D eigenvalue weighted by atomic mass is 10.2. The van der Waals surface area contributed by atoms with Crippen molar-refractivity contribution in [3.05, 3.63) is 17.5 Å². The monoisotopic (exact) mass is 377 g/mol. The second kappa shape index (κ2) is 5.69. The van der Waals surface area contributed by atoms with E-state index in [1.54, 1.807) is 0 Å². The zero-order valence-electron chi connectivity index (χ0n) is 9.39. The Morgan fingerprint density at radius 2 is 1.71 bits per heavy atom. The molecule has 0 bridgehead atoms. The Hall–Kier alpha value is -0.940. The molecular formula is C8H3Cl2F6NO3S. The van der Waals surface area contributed by atoms with E-state index >= 15 is 0 Å². The molecule has 1 rings (SSSR count). The zero-order valence-corrected chi connectivity index (χ0v) is 11.7. The largest absolute Gasteiger partial charge is 0.573 e. The fourth-order valence-electron chi connectivity index (χ4n) is 1.29. The van der Waals surface area contributed by atoms with Crippen molar-refractivity contribution in [2.45, 2.75) is 23.3 Å². The fourth-order valence-corrected chi connectivity index (χ4v) is 2.46. The van der Waals surface area contributed by atoms with Crippen LogP contribution in [0.2, 0.25) is 0 Å². The summed E-state index contributed by atoms with van der Waals surface area (Å²) < 4.78 is 101. The van der Waals surface area contributed by atoms with Gasteiger partial charge in [0, 0.05) is 16.9 Å². The highest BCUT2D eigenvalue weighted by Gasteiger charge is 2.45. The van der Waals surface area contributed by atoms with Crippen molar-refractivity contribution in [1.82, 2.24) is 4.98 Å². The van der Waals surface area contributed by atoms with Gasteiger partial charge in [0.1, 0.15) is 10.5 Å². The molecule has 0 aliphatic rings. The first-order chi connectivity index (χ1) is 9.27. The summed E-state index contributed by atoms with van der Waals surface area (Å²) in [5.74, 6) is -2.73. The van der Waals surface area contributed by atoms with Gasteiger partial charge in [-0.3, -0.25) is 4.98 Å². The Morgan fingerprint density at radius 3 is 2.05 bits per heavy atom. The molecular weight excluding hydrogens is 375 g/mol. The summed E-state index contributed by atoms with van der Waals surface area (Å²) in [5, 5.41) is 0. The van der Waals surface area contributed by atoms with Crippen LogP contribution < -0.4 is 4.74 Å². The molecule has 21 heavy (non-hydrogen) atoms. The van der Waals surface area contributed by atoms with Crippen LogP contribution in [-0.4, -0.2) is 19.8 Å². The van der Waals surface area contributed by atoms with Gasteiger partial charge in [-0.05, 0) is 0 Å². The van der Waals surface area contributed by atoms with Crippen molar-refractivity contribution in [3.63, 3.8) is 0 Å². The van der Waals surface area contributed by atoms with E-state index in [1.807, 2.05) is 0 Å². The van der Waals surface area contributed by atoms with Crippen molar-refractivity contribution in [2.75, 3.05) is 0 Å². The number of hydrogen-bond acceptors (Lipinski definition) is 4. The van der Waals surface area contributed by atoms with Crippen LogP contribution in [0, 0.1) is 0 Å². The molecule has 1 heterocycles. The Labute approximate surface area is 123 Å². The molecule has 0 aromatic carbocycles. The van der Waals surface area contributed by atoms with Gasteiger partial charge in [0.2, 0.25) is 0 Å². The molecule has 1 aromatic rings. The zero-order chi connectivity index (χ0) is 16.6. The number of rotatable bonds is 3. The molecule has 120 valence electrons. The van der Waals surface area contributed by atoms with E-state index in [-0.39, 0.29) is 6.20 Å². The van der Waals surface area contributed by atoms with Gasteiger partial charge in [0.15, 0.2) is 5.75 Å². The molecule has 0 amide bonds. The molecule has 1 aromatic heterocycles. The quantitative estimate of drug-likeness (QED) is 0.458. The molecule has 13 heteroatoms. The molecule has 0 aliphatic heterocycles. The maximum absolute atomic E-state index is 12.9. The smallest absolute Gasteiger partial charge is 0.403 e. The minimum Gasteiger partial charge on any atom is -0.403 e. The predicted molar refractivity (Wildman–Crippen MR) is 58.5 cm³/mol. The van der Waals surface area contributed by atoms with E-state index in [0.29, 0.717) is 0 Å². The van der Waals surface area contributed by atoms with Crippen molar-refractivity contribution in [1.29, 1.82) is 0 Å². The summed E-state index contributed by atoms with van der Waals surface area (Å²) in [5.41, 5.74) is -3.16. The van der Waals surface area contributed by atoms with Gasteiger partial charge in [-0.15, -0.1) is 24.8 Å². The SMILES string of the molecule is O=S(=O)(Cl)c1cnc(CCl)c(OC(F)(F)F)c1C(F)(F)F. The van der Waals surface area contributed by atoms with Crippen LogP contribution in [-0.2, 0) is 21.1 Å². The van der Waals surface area contributed by atoms with Gasteiger partial charge >= 0.3 is 12.5 Å². The number of halogens is 8. The lowest BCUT2D eigenvalue weighted by Crippen LogP contribution is -2.23. The lowest BCUT2D eigenvalue weighted by molar-refractivity contribution is -0.276. The Bertz CT molecular complexity index is 643. The molecule has 0 unspecified atom stereocenters. The van der Waals surface area contributed by atoms with Crippen molar-refractivity contribution in [3.8, 4) is 5.75 Å². The van der Waals surface area contributed by atoms with Gasteiger partial charge in [0.05, 0.1) is 11.6 Å². The van der Waals surface area contributed by atoms with E-state index in [4.69, 9.17) is 22.3 Å². The molecule has 0 atom stereocenters. The molecule has 0 fully saturated rings. The average Bonchev–Trinajstić information content (AvgIpc) is 2.23. The molecule has 0 aliphatic carbocycles. The second-order valence-corrected chi connectivity index (χ2v) is 6.19. The average molecular weight is 378 g/mol. The van der Waals surface area contributed by atoms with Crippen LogP contribution in [0.5, 0.6) is 5.75 Å². The van der Waals surface area contributed by atoms with Crippen molar-refractivity contribution < 1.29 is 39.5 Å². The van der Waals surface area contributed by atoms with Crippen molar-refractivity contribution in [2.24, 2.45) is 0 Å². The van der Waals surface area contributed by atoms with Crippen LogP contribution >= 0.6 is 22.3 Å². The van der Waals surface area contributed by atoms with E-state index in [9.17, 15) is 34.8 Å². The Balaban J connectivity index is 3.79. The van der Waals surface area contributed by atoms with Gasteiger partial charge in [-0.2, -0.15) is 13.2 Å². The summed E-state index contributed by atoms with van der Waals surface area (Å²) in [7, 11) is -0.249. The maximum atomic E-state index is 12.9. The highest BCUT2D eigenvalue weighted by molar-refractivity contribution is 8.13. The molecule has 4 nitrogen and oxygen atoms in total.